The number of thiazole rings is 1. The molecule has 1 N–H and O–H groups in total. The van der Waals surface area contributed by atoms with Gasteiger partial charge in [-0.3, -0.25) is 19.5 Å². The van der Waals surface area contributed by atoms with Crippen molar-refractivity contribution in [3.05, 3.63) is 47.2 Å². The summed E-state index contributed by atoms with van der Waals surface area (Å²) in [5.74, 6) is -0.515. The van der Waals surface area contributed by atoms with Crippen LogP contribution in [0.1, 0.15) is 18.2 Å². The van der Waals surface area contributed by atoms with Gasteiger partial charge in [0.15, 0.2) is 5.13 Å². The molecule has 0 saturated carbocycles. The van der Waals surface area contributed by atoms with Gasteiger partial charge in [-0.15, -0.1) is 11.3 Å². The maximum Gasteiger partial charge on any atom is 0.248 e. The molecule has 0 radical (unpaired) electrons. The Morgan fingerprint density at radius 1 is 1.43 bits per heavy atom. The lowest BCUT2D eigenvalue weighted by molar-refractivity contribution is -0.122. The van der Waals surface area contributed by atoms with Gasteiger partial charge in [0.25, 0.3) is 0 Å². The standard InChI is InChI=1S/C16H18N4O2S/c1-3-20(16-19-12(2)11-23-16)15(22)10-18-14(21)7-6-13-5-4-8-17-9-13/h4-9,11H,3,10H2,1-2H3,(H,18,21)/b7-6+. The van der Waals surface area contributed by atoms with Gasteiger partial charge in [0.2, 0.25) is 11.8 Å². The summed E-state index contributed by atoms with van der Waals surface area (Å²) in [6.07, 6.45) is 6.34. The molecule has 2 heterocycles. The number of carbonyl (C=O) groups is 2. The van der Waals surface area contributed by atoms with Crippen molar-refractivity contribution in [3.63, 3.8) is 0 Å². The van der Waals surface area contributed by atoms with Gasteiger partial charge in [0.05, 0.1) is 12.2 Å². The van der Waals surface area contributed by atoms with Crippen LogP contribution in [0.5, 0.6) is 0 Å². The Morgan fingerprint density at radius 2 is 2.26 bits per heavy atom. The lowest BCUT2D eigenvalue weighted by atomic mass is 10.2. The molecule has 0 unspecified atom stereocenters. The SMILES string of the molecule is CCN(C(=O)CNC(=O)/C=C/c1cccnc1)c1nc(C)cs1. The van der Waals surface area contributed by atoms with E-state index in [2.05, 4.69) is 15.3 Å². The monoisotopic (exact) mass is 330 g/mol. The molecule has 2 amide bonds. The molecule has 0 atom stereocenters. The summed E-state index contributed by atoms with van der Waals surface area (Å²) in [5.41, 5.74) is 1.70. The number of aromatic nitrogens is 2. The molecule has 2 aromatic rings. The molecule has 0 aliphatic heterocycles. The van der Waals surface area contributed by atoms with E-state index in [0.29, 0.717) is 11.7 Å². The van der Waals surface area contributed by atoms with Gasteiger partial charge >= 0.3 is 0 Å². The zero-order valence-corrected chi connectivity index (χ0v) is 13.8. The molecule has 120 valence electrons. The second kappa shape index (κ2) is 8.19. The van der Waals surface area contributed by atoms with Crippen LogP contribution in [-0.4, -0.2) is 34.9 Å². The van der Waals surface area contributed by atoms with Gasteiger partial charge in [-0.05, 0) is 31.6 Å². The van der Waals surface area contributed by atoms with Crippen LogP contribution in [0.2, 0.25) is 0 Å². The van der Waals surface area contributed by atoms with E-state index < -0.39 is 0 Å². The third-order valence-electron chi connectivity index (χ3n) is 2.98. The van der Waals surface area contributed by atoms with Gasteiger partial charge < -0.3 is 5.32 Å². The predicted molar refractivity (Wildman–Crippen MR) is 91.2 cm³/mol. The number of amides is 2. The van der Waals surface area contributed by atoms with E-state index in [4.69, 9.17) is 0 Å². The smallest absolute Gasteiger partial charge is 0.248 e. The molecule has 2 rings (SSSR count). The zero-order chi connectivity index (χ0) is 16.7. The van der Waals surface area contributed by atoms with Crippen molar-refractivity contribution in [1.82, 2.24) is 15.3 Å². The van der Waals surface area contributed by atoms with Crippen LogP contribution >= 0.6 is 11.3 Å². The first kappa shape index (κ1) is 16.8. The van der Waals surface area contributed by atoms with Gasteiger partial charge in [-0.25, -0.2) is 4.98 Å². The summed E-state index contributed by atoms with van der Waals surface area (Å²) in [6.45, 7) is 4.19. The number of nitrogens with one attached hydrogen (secondary N) is 1. The summed E-state index contributed by atoms with van der Waals surface area (Å²) < 4.78 is 0. The van der Waals surface area contributed by atoms with Gasteiger partial charge in [-0.1, -0.05) is 6.07 Å². The molecule has 0 fully saturated rings. The minimum atomic E-state index is -0.325. The van der Waals surface area contributed by atoms with E-state index in [1.165, 1.54) is 17.4 Å². The Bertz CT molecular complexity index is 697. The van der Waals surface area contributed by atoms with Crippen LogP contribution in [-0.2, 0) is 9.59 Å². The average Bonchev–Trinajstić information content (AvgIpc) is 2.98. The summed E-state index contributed by atoms with van der Waals surface area (Å²) in [4.78, 5) is 33.8. The Balaban J connectivity index is 1.88. The molecule has 23 heavy (non-hydrogen) atoms. The van der Waals surface area contributed by atoms with Crippen LogP contribution in [0.4, 0.5) is 5.13 Å². The number of likely N-dealkylation sites (N-methyl/N-ethyl adjacent to an activating group) is 1. The number of pyridine rings is 1. The average molecular weight is 330 g/mol. The van der Waals surface area contributed by atoms with E-state index in [1.54, 1.807) is 29.4 Å². The van der Waals surface area contributed by atoms with E-state index >= 15 is 0 Å². The molecule has 0 aliphatic rings. The Morgan fingerprint density at radius 3 is 2.87 bits per heavy atom. The van der Waals surface area contributed by atoms with Crippen molar-refractivity contribution in [2.75, 3.05) is 18.0 Å². The molecular weight excluding hydrogens is 312 g/mol. The summed E-state index contributed by atoms with van der Waals surface area (Å²) in [7, 11) is 0. The fourth-order valence-electron chi connectivity index (χ4n) is 1.85. The molecule has 0 bridgehead atoms. The Labute approximate surface area is 138 Å². The van der Waals surface area contributed by atoms with Crippen molar-refractivity contribution in [2.45, 2.75) is 13.8 Å². The van der Waals surface area contributed by atoms with Crippen LogP contribution in [0, 0.1) is 6.92 Å². The van der Waals surface area contributed by atoms with E-state index in [0.717, 1.165) is 11.3 Å². The molecule has 2 aromatic heterocycles. The van der Waals surface area contributed by atoms with Crippen LogP contribution in [0.3, 0.4) is 0 Å². The zero-order valence-electron chi connectivity index (χ0n) is 13.0. The first-order valence-corrected chi connectivity index (χ1v) is 8.06. The second-order valence-electron chi connectivity index (χ2n) is 4.75. The number of rotatable bonds is 6. The molecule has 0 spiro atoms. The van der Waals surface area contributed by atoms with E-state index in [1.807, 2.05) is 25.3 Å². The van der Waals surface area contributed by atoms with Gasteiger partial charge in [0.1, 0.15) is 0 Å². The highest BCUT2D eigenvalue weighted by atomic mass is 32.1. The fourth-order valence-corrected chi connectivity index (χ4v) is 2.73. The molecule has 6 nitrogen and oxygen atoms in total. The first-order chi connectivity index (χ1) is 11.1. The van der Waals surface area contributed by atoms with Crippen LogP contribution in [0.15, 0.2) is 36.0 Å². The highest BCUT2D eigenvalue weighted by Gasteiger charge is 2.16. The van der Waals surface area contributed by atoms with Crippen molar-refractivity contribution in [2.24, 2.45) is 0 Å². The number of hydrogen-bond acceptors (Lipinski definition) is 5. The summed E-state index contributed by atoms with van der Waals surface area (Å²) in [6, 6.07) is 3.63. The number of hydrogen-bond donors (Lipinski definition) is 1. The van der Waals surface area contributed by atoms with Crippen LogP contribution in [0.25, 0.3) is 6.08 Å². The highest BCUT2D eigenvalue weighted by Crippen LogP contribution is 2.19. The molecule has 0 aromatic carbocycles. The maximum atomic E-state index is 12.2. The first-order valence-electron chi connectivity index (χ1n) is 7.18. The van der Waals surface area contributed by atoms with Crippen LogP contribution < -0.4 is 10.2 Å². The normalized spacial score (nSPS) is 10.7. The summed E-state index contributed by atoms with van der Waals surface area (Å²) in [5, 5.41) is 5.12. The third-order valence-corrected chi connectivity index (χ3v) is 3.96. The largest absolute Gasteiger partial charge is 0.343 e. The van der Waals surface area contributed by atoms with E-state index in [-0.39, 0.29) is 18.4 Å². The third kappa shape index (κ3) is 5.00. The lowest BCUT2D eigenvalue weighted by Crippen LogP contribution is -2.39. The van der Waals surface area contributed by atoms with Crippen molar-refractivity contribution >= 4 is 34.4 Å². The lowest BCUT2D eigenvalue weighted by Gasteiger charge is -2.17. The maximum absolute atomic E-state index is 12.2. The number of nitrogens with zero attached hydrogens (tertiary/aromatic N) is 3. The highest BCUT2D eigenvalue weighted by molar-refractivity contribution is 7.14. The number of anilines is 1. The predicted octanol–water partition coefficient (Wildman–Crippen LogP) is 2.03. The molecule has 0 aliphatic carbocycles. The van der Waals surface area contributed by atoms with Gasteiger partial charge in [-0.2, -0.15) is 0 Å². The quantitative estimate of drug-likeness (QED) is 0.822. The van der Waals surface area contributed by atoms with Crippen molar-refractivity contribution in [3.8, 4) is 0 Å². The Kier molecular flexibility index (Phi) is 5.99. The fraction of sp³-hybridized carbons (Fsp3) is 0.250. The number of carbonyl (C=O) groups excluding carboxylic acids is 2. The van der Waals surface area contributed by atoms with Gasteiger partial charge in [0, 0.05) is 30.4 Å². The van der Waals surface area contributed by atoms with Crippen molar-refractivity contribution in [1.29, 1.82) is 0 Å². The minimum absolute atomic E-state index is 0.0668. The Hall–Kier alpha value is -2.54. The van der Waals surface area contributed by atoms with Crippen molar-refractivity contribution < 1.29 is 9.59 Å². The minimum Gasteiger partial charge on any atom is -0.343 e. The molecule has 7 heteroatoms. The molecular formula is C16H18N4O2S. The van der Waals surface area contributed by atoms with E-state index in [9.17, 15) is 9.59 Å². The number of aryl methyl sites for hydroxylation is 1. The topological polar surface area (TPSA) is 75.2 Å². The second-order valence-corrected chi connectivity index (χ2v) is 5.58. The molecule has 0 saturated heterocycles. The summed E-state index contributed by atoms with van der Waals surface area (Å²) >= 11 is 1.41.